The molecule has 1 aliphatic rings. The van der Waals surface area contributed by atoms with E-state index in [4.69, 9.17) is 4.98 Å². The molecule has 0 fully saturated rings. The van der Waals surface area contributed by atoms with Gasteiger partial charge in [-0.1, -0.05) is 50.1 Å². The summed E-state index contributed by atoms with van der Waals surface area (Å²) in [5.41, 5.74) is 3.33. The molecule has 0 radical (unpaired) electrons. The van der Waals surface area contributed by atoms with E-state index < -0.39 is 0 Å². The number of benzene rings is 2. The third kappa shape index (κ3) is 2.46. The van der Waals surface area contributed by atoms with Gasteiger partial charge in [0.25, 0.3) is 5.91 Å². The number of hydrogen-bond acceptors (Lipinski definition) is 3. The van der Waals surface area contributed by atoms with Gasteiger partial charge in [-0.3, -0.25) is 4.79 Å². The van der Waals surface area contributed by atoms with Gasteiger partial charge in [0.1, 0.15) is 0 Å². The van der Waals surface area contributed by atoms with Gasteiger partial charge >= 0.3 is 0 Å². The summed E-state index contributed by atoms with van der Waals surface area (Å²) >= 11 is 6.89. The van der Waals surface area contributed by atoms with Gasteiger partial charge in [0.15, 0.2) is 0 Å². The number of fused-ring (bicyclic) bond motifs is 2. The first-order chi connectivity index (χ1) is 11.2. The molecule has 0 saturated carbocycles. The summed E-state index contributed by atoms with van der Waals surface area (Å²) in [6.07, 6.45) is 0.345. The predicted octanol–water partition coefficient (Wildman–Crippen LogP) is 4.64. The number of rotatable bonds is 2. The number of pyridine rings is 1. The second kappa shape index (κ2) is 5.69. The zero-order valence-corrected chi connectivity index (χ0v) is 15.1. The van der Waals surface area contributed by atoms with E-state index in [0.29, 0.717) is 11.8 Å². The van der Waals surface area contributed by atoms with Crippen LogP contribution in [0.25, 0.3) is 21.8 Å². The monoisotopic (exact) mass is 431 g/mol. The van der Waals surface area contributed by atoms with Crippen molar-refractivity contribution < 1.29 is 4.79 Å². The molecule has 0 saturated heterocycles. The van der Waals surface area contributed by atoms with Crippen molar-refractivity contribution in [2.24, 2.45) is 5.10 Å². The van der Waals surface area contributed by atoms with Crippen LogP contribution in [0.15, 0.2) is 52.0 Å². The van der Waals surface area contributed by atoms with Crippen molar-refractivity contribution in [3.05, 3.63) is 46.9 Å². The van der Waals surface area contributed by atoms with Crippen molar-refractivity contribution in [3.8, 4) is 0 Å². The zero-order chi connectivity index (χ0) is 16.0. The van der Waals surface area contributed by atoms with E-state index in [0.717, 1.165) is 37.7 Å². The summed E-state index contributed by atoms with van der Waals surface area (Å²) in [5, 5.41) is 8.45. The van der Waals surface area contributed by atoms with Crippen LogP contribution < -0.4 is 5.01 Å². The first-order valence-electron chi connectivity index (χ1n) is 7.10. The van der Waals surface area contributed by atoms with E-state index in [2.05, 4.69) is 37.0 Å². The Labute approximate surface area is 149 Å². The lowest BCUT2D eigenvalue weighted by molar-refractivity contribution is -0.116. The molecule has 1 aliphatic heterocycles. The van der Waals surface area contributed by atoms with Crippen molar-refractivity contribution in [2.45, 2.75) is 6.42 Å². The fraction of sp³-hybridized carbons (Fsp3) is 0.118. The maximum atomic E-state index is 12.5. The van der Waals surface area contributed by atoms with Crippen LogP contribution in [0.3, 0.4) is 0 Å². The fourth-order valence-electron chi connectivity index (χ4n) is 2.80. The summed E-state index contributed by atoms with van der Waals surface area (Å²) in [5.74, 6) is -0.0166. The predicted molar refractivity (Wildman–Crippen MR) is 100 cm³/mol. The van der Waals surface area contributed by atoms with Gasteiger partial charge in [-0.15, -0.1) is 0 Å². The van der Waals surface area contributed by atoms with Crippen molar-refractivity contribution in [1.29, 1.82) is 0 Å². The number of anilines is 1. The van der Waals surface area contributed by atoms with Crippen LogP contribution >= 0.6 is 31.9 Å². The van der Waals surface area contributed by atoms with Crippen LogP contribution in [0.4, 0.5) is 5.69 Å². The molecule has 6 heteroatoms. The number of nitrogens with zero attached hydrogens (tertiary/aromatic N) is 3. The Hall–Kier alpha value is -1.79. The number of aromatic nitrogens is 1. The third-order valence-electron chi connectivity index (χ3n) is 3.81. The molecule has 0 atom stereocenters. The maximum absolute atomic E-state index is 12.5. The van der Waals surface area contributed by atoms with Crippen LogP contribution in [0.2, 0.25) is 0 Å². The highest BCUT2D eigenvalue weighted by Gasteiger charge is 2.27. The van der Waals surface area contributed by atoms with E-state index in [-0.39, 0.29) is 5.91 Å². The van der Waals surface area contributed by atoms with Crippen molar-refractivity contribution >= 4 is 71.0 Å². The lowest BCUT2D eigenvalue weighted by Crippen LogP contribution is -2.20. The van der Waals surface area contributed by atoms with Gasteiger partial charge in [0.05, 0.1) is 28.9 Å². The van der Waals surface area contributed by atoms with Crippen molar-refractivity contribution in [1.82, 2.24) is 4.98 Å². The Morgan fingerprint density at radius 3 is 2.65 bits per heavy atom. The second-order valence-electron chi connectivity index (χ2n) is 5.32. The summed E-state index contributed by atoms with van der Waals surface area (Å²) in [7, 11) is 0. The van der Waals surface area contributed by atoms with Crippen LogP contribution in [0.5, 0.6) is 0 Å². The smallest absolute Gasteiger partial charge is 0.253 e. The first-order valence-corrected chi connectivity index (χ1v) is 9.02. The minimum atomic E-state index is -0.0166. The molecule has 2 heterocycles. The molecule has 0 N–H and O–H groups in total. The molecule has 114 valence electrons. The largest absolute Gasteiger partial charge is 0.272 e. The molecule has 0 unspecified atom stereocenters. The number of hydrogen-bond donors (Lipinski definition) is 0. The number of alkyl halides is 1. The van der Waals surface area contributed by atoms with Crippen molar-refractivity contribution in [2.75, 3.05) is 10.3 Å². The lowest BCUT2D eigenvalue weighted by Gasteiger charge is -2.17. The maximum Gasteiger partial charge on any atom is 0.253 e. The van der Waals surface area contributed by atoms with Gasteiger partial charge in [-0.2, -0.15) is 10.1 Å². The van der Waals surface area contributed by atoms with E-state index in [1.54, 1.807) is 0 Å². The Morgan fingerprint density at radius 2 is 1.87 bits per heavy atom. The molecule has 23 heavy (non-hydrogen) atoms. The summed E-state index contributed by atoms with van der Waals surface area (Å²) in [6.45, 7) is 0. The Morgan fingerprint density at radius 1 is 1.09 bits per heavy atom. The van der Waals surface area contributed by atoms with Gasteiger partial charge in [-0.25, -0.2) is 4.98 Å². The van der Waals surface area contributed by atoms with Crippen LogP contribution in [-0.4, -0.2) is 21.9 Å². The average molecular weight is 433 g/mol. The quantitative estimate of drug-likeness (QED) is 0.437. The number of carbonyl (C=O) groups excluding carboxylic acids is 1. The normalized spacial score (nSPS) is 14.8. The number of carbonyl (C=O) groups is 1. The summed E-state index contributed by atoms with van der Waals surface area (Å²) < 4.78 is 0.944. The molecule has 1 amide bonds. The lowest BCUT2D eigenvalue weighted by atomic mass is 10.1. The van der Waals surface area contributed by atoms with Crippen molar-refractivity contribution in [3.63, 3.8) is 0 Å². The molecule has 2 aromatic carbocycles. The highest BCUT2D eigenvalue weighted by atomic mass is 79.9. The molecule has 3 aromatic rings. The number of halogens is 2. The molecular formula is C17H11Br2N3O. The SMILES string of the molecule is O=C1CC(CBr)=NN1c1c2ccccc2nc2ccc(Br)cc12. The van der Waals surface area contributed by atoms with E-state index in [1.165, 1.54) is 5.01 Å². The Kier molecular flexibility index (Phi) is 3.66. The second-order valence-corrected chi connectivity index (χ2v) is 6.80. The standard InChI is InChI=1S/C17H11Br2N3O/c18-9-11-8-16(23)22(21-11)17-12-3-1-2-4-14(12)20-15-6-5-10(19)7-13(15)17/h1-7H,8-9H2. The molecular weight excluding hydrogens is 422 g/mol. The van der Waals surface area contributed by atoms with Gasteiger partial charge in [0, 0.05) is 20.6 Å². The molecule has 0 bridgehead atoms. The van der Waals surface area contributed by atoms with Crippen LogP contribution in [0.1, 0.15) is 6.42 Å². The van der Waals surface area contributed by atoms with Gasteiger partial charge < -0.3 is 0 Å². The van der Waals surface area contributed by atoms with Gasteiger partial charge in [0.2, 0.25) is 0 Å². The van der Waals surface area contributed by atoms with E-state index >= 15 is 0 Å². The molecule has 0 spiro atoms. The summed E-state index contributed by atoms with van der Waals surface area (Å²) in [6, 6.07) is 13.7. The summed E-state index contributed by atoms with van der Waals surface area (Å²) in [4.78, 5) is 17.2. The molecule has 0 aliphatic carbocycles. The van der Waals surface area contributed by atoms with E-state index in [1.807, 2.05) is 42.5 Å². The minimum absolute atomic E-state index is 0.0166. The highest BCUT2D eigenvalue weighted by molar-refractivity contribution is 9.10. The third-order valence-corrected chi connectivity index (χ3v) is 4.95. The van der Waals surface area contributed by atoms with Crippen LogP contribution in [-0.2, 0) is 4.79 Å². The number of amides is 1. The van der Waals surface area contributed by atoms with Crippen LogP contribution in [0, 0.1) is 0 Å². The first kappa shape index (κ1) is 14.8. The fourth-order valence-corrected chi connectivity index (χ4v) is 3.47. The zero-order valence-electron chi connectivity index (χ0n) is 12.0. The minimum Gasteiger partial charge on any atom is -0.272 e. The Bertz CT molecular complexity index is 984. The topological polar surface area (TPSA) is 45.6 Å². The molecule has 4 nitrogen and oxygen atoms in total. The highest BCUT2D eigenvalue weighted by Crippen LogP contribution is 2.37. The van der Waals surface area contributed by atoms with E-state index in [9.17, 15) is 4.79 Å². The Balaban J connectivity index is 2.11. The number of hydrazone groups is 1. The van der Waals surface area contributed by atoms with Gasteiger partial charge in [-0.05, 0) is 24.3 Å². The molecule has 1 aromatic heterocycles. The molecule has 4 rings (SSSR count). The number of para-hydroxylation sites is 1. The average Bonchev–Trinajstić information content (AvgIpc) is 2.93.